The van der Waals surface area contributed by atoms with Gasteiger partial charge in [-0.05, 0) is 43.0 Å². The first-order valence-corrected chi connectivity index (χ1v) is 8.65. The monoisotopic (exact) mass is 326 g/mol. The lowest BCUT2D eigenvalue weighted by atomic mass is 10.2. The van der Waals surface area contributed by atoms with Crippen molar-refractivity contribution in [2.24, 2.45) is 0 Å². The van der Waals surface area contributed by atoms with Crippen LogP contribution in [-0.2, 0) is 9.59 Å². The summed E-state index contributed by atoms with van der Waals surface area (Å²) in [4.78, 5) is 27.4. The lowest BCUT2D eigenvalue weighted by Crippen LogP contribution is -2.35. The summed E-state index contributed by atoms with van der Waals surface area (Å²) in [6.07, 6.45) is 2.18. The number of rotatable bonds is 4. The van der Waals surface area contributed by atoms with Crippen molar-refractivity contribution in [3.63, 3.8) is 0 Å². The standard InChI is InChI=1S/C18H18N2O2S/c1-12-6-3-4-9-16(12)20-17(21)11-15(18(20)22)19-13-7-5-8-14(10-13)23-2/h3-10,15,19H,11H2,1-2H3/t15-/m1/s1. The maximum absolute atomic E-state index is 12.7. The van der Waals surface area contributed by atoms with E-state index >= 15 is 0 Å². The number of aryl methyl sites for hydroxylation is 1. The lowest BCUT2D eigenvalue weighted by molar-refractivity contribution is -0.121. The molecule has 2 aromatic rings. The lowest BCUT2D eigenvalue weighted by Gasteiger charge is -2.18. The van der Waals surface area contributed by atoms with Crippen molar-refractivity contribution in [1.29, 1.82) is 0 Å². The zero-order valence-electron chi connectivity index (χ0n) is 13.1. The van der Waals surface area contributed by atoms with Crippen LogP contribution in [0.1, 0.15) is 12.0 Å². The predicted molar refractivity (Wildman–Crippen MR) is 93.9 cm³/mol. The molecule has 1 aliphatic rings. The zero-order chi connectivity index (χ0) is 16.4. The SMILES string of the molecule is CSc1cccc(N[C@@H]2CC(=O)N(c3ccccc3C)C2=O)c1. The number of anilines is 2. The van der Waals surface area contributed by atoms with Crippen LogP contribution in [0, 0.1) is 6.92 Å². The van der Waals surface area contributed by atoms with Crippen LogP contribution in [0.25, 0.3) is 0 Å². The van der Waals surface area contributed by atoms with Crippen molar-refractivity contribution in [1.82, 2.24) is 0 Å². The fourth-order valence-electron chi connectivity index (χ4n) is 2.73. The van der Waals surface area contributed by atoms with E-state index in [1.807, 2.05) is 61.7 Å². The van der Waals surface area contributed by atoms with Crippen LogP contribution in [0.15, 0.2) is 53.4 Å². The minimum Gasteiger partial charge on any atom is -0.373 e. The van der Waals surface area contributed by atoms with Crippen LogP contribution < -0.4 is 10.2 Å². The number of hydrogen-bond donors (Lipinski definition) is 1. The molecule has 0 unspecified atom stereocenters. The molecule has 1 atom stereocenters. The minimum atomic E-state index is -0.515. The van der Waals surface area contributed by atoms with Gasteiger partial charge < -0.3 is 5.32 Å². The van der Waals surface area contributed by atoms with Crippen LogP contribution in [0.4, 0.5) is 11.4 Å². The molecule has 0 bridgehead atoms. The van der Waals surface area contributed by atoms with Crippen molar-refractivity contribution in [3.05, 3.63) is 54.1 Å². The minimum absolute atomic E-state index is 0.164. The van der Waals surface area contributed by atoms with Gasteiger partial charge in [-0.1, -0.05) is 24.3 Å². The molecule has 1 saturated heterocycles. The largest absolute Gasteiger partial charge is 0.373 e. The van der Waals surface area contributed by atoms with E-state index in [2.05, 4.69) is 5.32 Å². The van der Waals surface area contributed by atoms with Crippen LogP contribution in [-0.4, -0.2) is 24.1 Å². The third-order valence-electron chi connectivity index (χ3n) is 3.91. The van der Waals surface area contributed by atoms with Gasteiger partial charge in [0, 0.05) is 10.6 Å². The number of hydrogen-bond acceptors (Lipinski definition) is 4. The van der Waals surface area contributed by atoms with E-state index < -0.39 is 6.04 Å². The Bertz CT molecular complexity index is 760. The van der Waals surface area contributed by atoms with Crippen molar-refractivity contribution < 1.29 is 9.59 Å². The zero-order valence-corrected chi connectivity index (χ0v) is 13.9. The molecule has 0 aromatic heterocycles. The van der Waals surface area contributed by atoms with Gasteiger partial charge in [-0.3, -0.25) is 9.59 Å². The van der Waals surface area contributed by atoms with Crippen molar-refractivity contribution in [2.45, 2.75) is 24.3 Å². The van der Waals surface area contributed by atoms with Crippen LogP contribution in [0.3, 0.4) is 0 Å². The number of amides is 2. The summed E-state index contributed by atoms with van der Waals surface area (Å²) in [7, 11) is 0. The number of imide groups is 1. The second kappa shape index (κ2) is 6.46. The molecule has 4 nitrogen and oxygen atoms in total. The van der Waals surface area contributed by atoms with Gasteiger partial charge in [-0.2, -0.15) is 0 Å². The van der Waals surface area contributed by atoms with Crippen LogP contribution in [0.5, 0.6) is 0 Å². The number of nitrogens with zero attached hydrogens (tertiary/aromatic N) is 1. The van der Waals surface area contributed by atoms with Gasteiger partial charge in [0.2, 0.25) is 5.91 Å². The summed E-state index contributed by atoms with van der Waals surface area (Å²) in [6.45, 7) is 1.90. The van der Waals surface area contributed by atoms with Gasteiger partial charge in [-0.25, -0.2) is 4.90 Å². The van der Waals surface area contributed by atoms with Gasteiger partial charge in [0.15, 0.2) is 0 Å². The van der Waals surface area contributed by atoms with Crippen LogP contribution >= 0.6 is 11.8 Å². The highest BCUT2D eigenvalue weighted by Crippen LogP contribution is 2.28. The van der Waals surface area contributed by atoms with Gasteiger partial charge in [0.1, 0.15) is 6.04 Å². The predicted octanol–water partition coefficient (Wildman–Crippen LogP) is 3.46. The Balaban J connectivity index is 1.82. The number of thioether (sulfide) groups is 1. The molecule has 23 heavy (non-hydrogen) atoms. The molecule has 0 saturated carbocycles. The van der Waals surface area contributed by atoms with Crippen molar-refractivity contribution in [2.75, 3.05) is 16.5 Å². The van der Waals surface area contributed by atoms with E-state index in [1.54, 1.807) is 11.8 Å². The van der Waals surface area contributed by atoms with Gasteiger partial charge in [0.25, 0.3) is 5.91 Å². The molecule has 2 amide bonds. The van der Waals surface area contributed by atoms with Crippen molar-refractivity contribution >= 4 is 35.0 Å². The van der Waals surface area contributed by atoms with Gasteiger partial charge in [-0.15, -0.1) is 11.8 Å². The molecule has 0 spiro atoms. The Morgan fingerprint density at radius 3 is 2.65 bits per heavy atom. The summed E-state index contributed by atoms with van der Waals surface area (Å²) in [6, 6.07) is 14.8. The first-order chi connectivity index (χ1) is 11.1. The van der Waals surface area contributed by atoms with Crippen molar-refractivity contribution in [3.8, 4) is 0 Å². The highest BCUT2D eigenvalue weighted by Gasteiger charge is 2.40. The summed E-state index contributed by atoms with van der Waals surface area (Å²) < 4.78 is 0. The number of benzene rings is 2. The molecule has 0 radical (unpaired) electrons. The summed E-state index contributed by atoms with van der Waals surface area (Å²) in [5.41, 5.74) is 2.44. The van der Waals surface area contributed by atoms with E-state index in [4.69, 9.17) is 0 Å². The average molecular weight is 326 g/mol. The van der Waals surface area contributed by atoms with Gasteiger partial charge in [0.05, 0.1) is 12.1 Å². The fourth-order valence-corrected chi connectivity index (χ4v) is 3.19. The third kappa shape index (κ3) is 3.10. The Labute approximate surface area is 139 Å². The third-order valence-corrected chi connectivity index (χ3v) is 4.64. The number of carbonyl (C=O) groups is 2. The Kier molecular flexibility index (Phi) is 4.39. The molecule has 118 valence electrons. The molecular formula is C18H18N2O2S. The highest BCUT2D eigenvalue weighted by atomic mass is 32.2. The molecule has 1 N–H and O–H groups in total. The number of carbonyl (C=O) groups excluding carboxylic acids is 2. The first kappa shape index (κ1) is 15.6. The Morgan fingerprint density at radius 2 is 1.91 bits per heavy atom. The van der Waals surface area contributed by atoms with Gasteiger partial charge >= 0.3 is 0 Å². The Hall–Kier alpha value is -2.27. The number of para-hydroxylation sites is 1. The second-order valence-corrected chi connectivity index (χ2v) is 6.37. The second-order valence-electron chi connectivity index (χ2n) is 5.49. The molecule has 5 heteroatoms. The average Bonchev–Trinajstić information content (AvgIpc) is 2.82. The molecule has 0 aliphatic carbocycles. The van der Waals surface area contributed by atoms with Crippen LogP contribution in [0.2, 0.25) is 0 Å². The maximum atomic E-state index is 12.7. The molecule has 2 aromatic carbocycles. The smallest absolute Gasteiger partial charge is 0.256 e. The van der Waals surface area contributed by atoms with E-state index in [-0.39, 0.29) is 18.2 Å². The normalized spacial score (nSPS) is 17.7. The molecule has 1 heterocycles. The summed E-state index contributed by atoms with van der Waals surface area (Å²) >= 11 is 1.64. The number of nitrogens with one attached hydrogen (secondary N) is 1. The van der Waals surface area contributed by atoms with E-state index in [0.29, 0.717) is 5.69 Å². The van der Waals surface area contributed by atoms with E-state index in [1.165, 1.54) is 4.90 Å². The molecular weight excluding hydrogens is 308 g/mol. The maximum Gasteiger partial charge on any atom is 0.256 e. The molecule has 1 fully saturated rings. The summed E-state index contributed by atoms with van der Waals surface area (Å²) in [5, 5.41) is 3.19. The fraction of sp³-hybridized carbons (Fsp3) is 0.222. The molecule has 1 aliphatic heterocycles. The topological polar surface area (TPSA) is 49.4 Å². The highest BCUT2D eigenvalue weighted by molar-refractivity contribution is 7.98. The molecule has 3 rings (SSSR count). The summed E-state index contributed by atoms with van der Waals surface area (Å²) in [5.74, 6) is -0.360. The Morgan fingerprint density at radius 1 is 1.13 bits per heavy atom. The quantitative estimate of drug-likeness (QED) is 0.690. The van der Waals surface area contributed by atoms with E-state index in [0.717, 1.165) is 16.1 Å². The van der Waals surface area contributed by atoms with E-state index in [9.17, 15) is 9.59 Å². The first-order valence-electron chi connectivity index (χ1n) is 7.43.